The minimum absolute atomic E-state index is 0.0971. The van der Waals surface area contributed by atoms with E-state index in [0.29, 0.717) is 36.9 Å². The van der Waals surface area contributed by atoms with Crippen molar-refractivity contribution in [1.29, 1.82) is 0 Å². The number of fused-ring (bicyclic) bond motifs is 1. The molecular weight excluding hydrogens is 508 g/mol. The first kappa shape index (κ1) is 25.4. The number of urea groups is 1. The van der Waals surface area contributed by atoms with E-state index in [1.807, 2.05) is 6.07 Å². The second-order valence-corrected chi connectivity index (χ2v) is 8.52. The van der Waals surface area contributed by atoms with Crippen molar-refractivity contribution in [3.05, 3.63) is 66.0 Å². The summed E-state index contributed by atoms with van der Waals surface area (Å²) >= 11 is 0. The van der Waals surface area contributed by atoms with Crippen molar-refractivity contribution < 1.29 is 27.1 Å². The SMILES string of the molecule is Nc1ncnn2c(CN3CCOCC3)cc(-c3ccc(NC(=O)Nc4cccc(C(F)(F)F)c4F)nc3)c12. The van der Waals surface area contributed by atoms with Gasteiger partial charge in [0.25, 0.3) is 0 Å². The van der Waals surface area contributed by atoms with Gasteiger partial charge in [-0.2, -0.15) is 18.3 Å². The number of nitrogens with one attached hydrogen (secondary N) is 2. The number of aromatic nitrogens is 4. The van der Waals surface area contributed by atoms with Gasteiger partial charge in [0.1, 0.15) is 17.7 Å². The van der Waals surface area contributed by atoms with Crippen LogP contribution in [0.15, 0.2) is 48.9 Å². The highest BCUT2D eigenvalue weighted by Crippen LogP contribution is 2.34. The van der Waals surface area contributed by atoms with Crippen molar-refractivity contribution in [2.75, 3.05) is 42.7 Å². The summed E-state index contributed by atoms with van der Waals surface area (Å²) in [6, 6.07) is 6.80. The van der Waals surface area contributed by atoms with E-state index in [-0.39, 0.29) is 11.6 Å². The molecular formula is C24H22F4N8O2. The summed E-state index contributed by atoms with van der Waals surface area (Å²) in [7, 11) is 0. The number of carbonyl (C=O) groups excluding carboxylic acids is 1. The molecule has 0 spiro atoms. The smallest absolute Gasteiger partial charge is 0.382 e. The number of nitrogen functional groups attached to an aromatic ring is 1. The fourth-order valence-corrected chi connectivity index (χ4v) is 4.20. The molecule has 1 fully saturated rings. The molecule has 10 nitrogen and oxygen atoms in total. The molecule has 1 aliphatic heterocycles. The highest BCUT2D eigenvalue weighted by Gasteiger charge is 2.35. The number of benzene rings is 1. The lowest BCUT2D eigenvalue weighted by atomic mass is 10.1. The highest BCUT2D eigenvalue weighted by atomic mass is 19.4. The fraction of sp³-hybridized carbons (Fsp3) is 0.250. The van der Waals surface area contributed by atoms with Gasteiger partial charge < -0.3 is 15.8 Å². The van der Waals surface area contributed by atoms with Crippen LogP contribution in [-0.2, 0) is 17.5 Å². The Morgan fingerprint density at radius 2 is 1.89 bits per heavy atom. The van der Waals surface area contributed by atoms with Crippen LogP contribution < -0.4 is 16.4 Å². The largest absolute Gasteiger partial charge is 0.419 e. The van der Waals surface area contributed by atoms with Crippen molar-refractivity contribution in [1.82, 2.24) is 24.5 Å². The number of amides is 2. The Hall–Kier alpha value is -4.30. The van der Waals surface area contributed by atoms with Crippen LogP contribution in [0.3, 0.4) is 0 Å². The van der Waals surface area contributed by atoms with Gasteiger partial charge in [0.15, 0.2) is 11.6 Å². The lowest BCUT2D eigenvalue weighted by molar-refractivity contribution is -0.139. The van der Waals surface area contributed by atoms with E-state index in [1.54, 1.807) is 10.6 Å². The summed E-state index contributed by atoms with van der Waals surface area (Å²) in [5, 5.41) is 8.82. The van der Waals surface area contributed by atoms with E-state index < -0.39 is 29.3 Å². The standard InChI is InChI=1S/C24H22F4N8O2/c25-20-17(24(26,27)28)2-1-3-18(20)33-23(37)34-19-5-4-14(11-30-19)16-10-15(12-35-6-8-38-9-7-35)36-21(16)22(29)31-13-32-36/h1-5,10-11,13H,6-9,12H2,(H2,29,31,32)(H2,30,33,34,37). The third-order valence-corrected chi connectivity index (χ3v) is 6.01. The molecule has 198 valence electrons. The normalized spacial score (nSPS) is 14.5. The fourth-order valence-electron chi connectivity index (χ4n) is 4.20. The summed E-state index contributed by atoms with van der Waals surface area (Å²) < 4.78 is 60.1. The number of ether oxygens (including phenoxy) is 1. The van der Waals surface area contributed by atoms with Crippen LogP contribution in [0.5, 0.6) is 0 Å². The Morgan fingerprint density at radius 1 is 1.11 bits per heavy atom. The predicted molar refractivity (Wildman–Crippen MR) is 131 cm³/mol. The lowest BCUT2D eigenvalue weighted by Crippen LogP contribution is -2.36. The van der Waals surface area contributed by atoms with Gasteiger partial charge >= 0.3 is 12.2 Å². The molecule has 0 radical (unpaired) electrons. The van der Waals surface area contributed by atoms with E-state index in [0.717, 1.165) is 36.5 Å². The second-order valence-electron chi connectivity index (χ2n) is 8.52. The zero-order chi connectivity index (χ0) is 26.9. The number of morpholine rings is 1. The molecule has 0 atom stereocenters. The van der Waals surface area contributed by atoms with Gasteiger partial charge in [-0.1, -0.05) is 6.07 Å². The van der Waals surface area contributed by atoms with Crippen LogP contribution in [0.1, 0.15) is 11.3 Å². The van der Waals surface area contributed by atoms with Crippen LogP contribution in [0.4, 0.5) is 39.7 Å². The number of rotatable bonds is 5. The molecule has 1 saturated heterocycles. The van der Waals surface area contributed by atoms with Gasteiger partial charge in [0.2, 0.25) is 0 Å². The minimum atomic E-state index is -4.89. The zero-order valence-electron chi connectivity index (χ0n) is 19.8. The van der Waals surface area contributed by atoms with Gasteiger partial charge in [-0.15, -0.1) is 0 Å². The van der Waals surface area contributed by atoms with Crippen LogP contribution in [-0.4, -0.2) is 56.8 Å². The van der Waals surface area contributed by atoms with Crippen LogP contribution in [0.25, 0.3) is 16.6 Å². The number of hydrogen-bond donors (Lipinski definition) is 3. The minimum Gasteiger partial charge on any atom is -0.382 e. The number of anilines is 3. The molecule has 3 aromatic heterocycles. The van der Waals surface area contributed by atoms with Gasteiger partial charge in [-0.05, 0) is 30.3 Å². The first-order valence-corrected chi connectivity index (χ1v) is 11.5. The number of nitrogens with zero attached hydrogens (tertiary/aromatic N) is 5. The van der Waals surface area contributed by atoms with E-state index in [9.17, 15) is 22.4 Å². The van der Waals surface area contributed by atoms with Crippen molar-refractivity contribution in [2.45, 2.75) is 12.7 Å². The molecule has 14 heteroatoms. The molecule has 2 amide bonds. The Labute approximate surface area is 213 Å². The monoisotopic (exact) mass is 530 g/mol. The van der Waals surface area contributed by atoms with Gasteiger partial charge in [-0.3, -0.25) is 10.2 Å². The number of carbonyl (C=O) groups is 1. The summed E-state index contributed by atoms with van der Waals surface area (Å²) in [6.07, 6.45) is -2.01. The first-order valence-electron chi connectivity index (χ1n) is 11.5. The van der Waals surface area contributed by atoms with Crippen LogP contribution >= 0.6 is 0 Å². The molecule has 1 aliphatic rings. The number of pyridine rings is 1. The number of nitrogens with two attached hydrogens (primary N) is 1. The number of hydrogen-bond acceptors (Lipinski definition) is 7. The topological polar surface area (TPSA) is 123 Å². The molecule has 0 bridgehead atoms. The maximum atomic E-state index is 14.2. The molecule has 38 heavy (non-hydrogen) atoms. The summed E-state index contributed by atoms with van der Waals surface area (Å²) in [5.74, 6) is -1.19. The van der Waals surface area contributed by atoms with Gasteiger partial charge in [0.05, 0.1) is 30.2 Å². The van der Waals surface area contributed by atoms with Crippen LogP contribution in [0.2, 0.25) is 0 Å². The highest BCUT2D eigenvalue weighted by molar-refractivity contribution is 5.99. The molecule has 0 saturated carbocycles. The van der Waals surface area contributed by atoms with Crippen molar-refractivity contribution >= 4 is 28.9 Å². The molecule has 5 rings (SSSR count). The Bertz CT molecular complexity index is 1470. The first-order chi connectivity index (χ1) is 18.2. The molecule has 4 N–H and O–H groups in total. The maximum absolute atomic E-state index is 14.2. The molecule has 4 heterocycles. The Morgan fingerprint density at radius 3 is 2.61 bits per heavy atom. The van der Waals surface area contributed by atoms with Gasteiger partial charge in [0, 0.05) is 37.0 Å². The Balaban J connectivity index is 1.34. The molecule has 1 aromatic carbocycles. The number of alkyl halides is 3. The van der Waals surface area contributed by atoms with E-state index in [2.05, 4.69) is 30.6 Å². The van der Waals surface area contributed by atoms with E-state index in [1.165, 1.54) is 18.6 Å². The van der Waals surface area contributed by atoms with Crippen LogP contribution in [0, 0.1) is 5.82 Å². The second kappa shape index (κ2) is 10.2. The summed E-state index contributed by atoms with van der Waals surface area (Å²) in [6.45, 7) is 3.51. The Kier molecular flexibility index (Phi) is 6.82. The quantitative estimate of drug-likeness (QED) is 0.333. The van der Waals surface area contributed by atoms with Crippen molar-refractivity contribution in [2.24, 2.45) is 0 Å². The van der Waals surface area contributed by atoms with Gasteiger partial charge in [-0.25, -0.2) is 23.7 Å². The lowest BCUT2D eigenvalue weighted by Gasteiger charge is -2.26. The molecule has 4 aromatic rings. The summed E-state index contributed by atoms with van der Waals surface area (Å²) in [5.41, 5.74) is 6.99. The number of halogens is 4. The third-order valence-electron chi connectivity index (χ3n) is 6.01. The molecule has 0 aliphatic carbocycles. The van der Waals surface area contributed by atoms with Crippen molar-refractivity contribution in [3.8, 4) is 11.1 Å². The average Bonchev–Trinajstić information content (AvgIpc) is 3.25. The molecule has 0 unspecified atom stereocenters. The zero-order valence-corrected chi connectivity index (χ0v) is 19.8. The summed E-state index contributed by atoms with van der Waals surface area (Å²) in [4.78, 5) is 22.9. The third kappa shape index (κ3) is 5.21. The predicted octanol–water partition coefficient (Wildman–Crippen LogP) is 4.01. The average molecular weight is 530 g/mol. The van der Waals surface area contributed by atoms with E-state index in [4.69, 9.17) is 10.5 Å². The maximum Gasteiger partial charge on any atom is 0.419 e. The van der Waals surface area contributed by atoms with Crippen molar-refractivity contribution in [3.63, 3.8) is 0 Å². The van der Waals surface area contributed by atoms with E-state index >= 15 is 0 Å².